The molecule has 23 heavy (non-hydrogen) atoms. The first-order valence-electron chi connectivity index (χ1n) is 7.39. The Morgan fingerprint density at radius 1 is 1.30 bits per heavy atom. The lowest BCUT2D eigenvalue weighted by molar-refractivity contribution is -0.164. The third kappa shape index (κ3) is 3.41. The Morgan fingerprint density at radius 3 is 2.61 bits per heavy atom. The first-order valence-corrected chi connectivity index (χ1v) is 9.71. The fourth-order valence-corrected chi connectivity index (χ4v) is 5.30. The number of hydrogen-bond donors (Lipinski definition) is 0. The van der Waals surface area contributed by atoms with Gasteiger partial charge in [0.1, 0.15) is 4.21 Å². The van der Waals surface area contributed by atoms with Gasteiger partial charge in [0.25, 0.3) is 10.0 Å². The normalized spacial score (nSPS) is 23.7. The third-order valence-electron chi connectivity index (χ3n) is 4.02. The number of piperidine rings is 1. The van der Waals surface area contributed by atoms with Gasteiger partial charge in [0, 0.05) is 19.5 Å². The number of hydrogen-bond acceptors (Lipinski definition) is 7. The van der Waals surface area contributed by atoms with E-state index in [2.05, 4.69) is 0 Å². The molecule has 2 aliphatic heterocycles. The summed E-state index contributed by atoms with van der Waals surface area (Å²) in [5, 5.41) is 1.72. The van der Waals surface area contributed by atoms with E-state index in [4.69, 9.17) is 9.47 Å². The van der Waals surface area contributed by atoms with Crippen molar-refractivity contribution in [3.8, 4) is 0 Å². The summed E-state index contributed by atoms with van der Waals surface area (Å²) in [5.74, 6) is -1.32. The van der Waals surface area contributed by atoms with Crippen LogP contribution in [0.5, 0.6) is 0 Å². The molecule has 126 valence electrons. The fraction of sp³-hybridized carbons (Fsp3) is 0.571. The standard InChI is InChI=1S/C14H17NO6S2/c16-13(21-11-5-8-20-14(11)17)10-3-6-15(7-4-10)23(18,19)12-2-1-9-22-12/h1-2,9-11H,3-8H2/t11-/m1/s1. The van der Waals surface area contributed by atoms with Crippen LogP contribution >= 0.6 is 11.3 Å². The zero-order valence-electron chi connectivity index (χ0n) is 12.3. The minimum atomic E-state index is -3.47. The molecule has 0 amide bonds. The van der Waals surface area contributed by atoms with Gasteiger partial charge in [0.15, 0.2) is 0 Å². The molecule has 1 aromatic heterocycles. The van der Waals surface area contributed by atoms with Crippen molar-refractivity contribution in [3.05, 3.63) is 17.5 Å². The van der Waals surface area contributed by atoms with Crippen LogP contribution in [0, 0.1) is 5.92 Å². The number of thiophene rings is 1. The maximum absolute atomic E-state index is 12.4. The van der Waals surface area contributed by atoms with E-state index in [1.54, 1.807) is 17.5 Å². The smallest absolute Gasteiger partial charge is 0.347 e. The lowest BCUT2D eigenvalue weighted by Crippen LogP contribution is -2.41. The molecule has 0 bridgehead atoms. The summed E-state index contributed by atoms with van der Waals surface area (Å²) in [4.78, 5) is 23.4. The molecule has 0 aromatic carbocycles. The second kappa shape index (κ2) is 6.58. The highest BCUT2D eigenvalue weighted by atomic mass is 32.2. The zero-order chi connectivity index (χ0) is 16.4. The Balaban J connectivity index is 1.56. The molecule has 3 rings (SSSR count). The molecular weight excluding hydrogens is 342 g/mol. The topological polar surface area (TPSA) is 90.0 Å². The first-order chi connectivity index (χ1) is 11.0. The molecule has 1 aromatic rings. The highest BCUT2D eigenvalue weighted by Gasteiger charge is 2.36. The fourth-order valence-electron chi connectivity index (χ4n) is 2.69. The van der Waals surface area contributed by atoms with Crippen molar-refractivity contribution in [2.75, 3.05) is 19.7 Å². The van der Waals surface area contributed by atoms with Crippen LogP contribution < -0.4 is 0 Å². The molecule has 2 aliphatic rings. The Morgan fingerprint density at radius 2 is 2.04 bits per heavy atom. The van der Waals surface area contributed by atoms with Gasteiger partial charge in [0.2, 0.25) is 6.10 Å². The van der Waals surface area contributed by atoms with E-state index >= 15 is 0 Å². The number of carbonyl (C=O) groups is 2. The van der Waals surface area contributed by atoms with Crippen LogP contribution in [0.4, 0.5) is 0 Å². The van der Waals surface area contributed by atoms with Crippen LogP contribution in [0.3, 0.4) is 0 Å². The van der Waals surface area contributed by atoms with Gasteiger partial charge >= 0.3 is 11.9 Å². The van der Waals surface area contributed by atoms with E-state index < -0.39 is 28.1 Å². The maximum Gasteiger partial charge on any atom is 0.347 e. The summed E-state index contributed by atoms with van der Waals surface area (Å²) >= 11 is 1.18. The van der Waals surface area contributed by atoms with Crippen molar-refractivity contribution in [2.24, 2.45) is 5.92 Å². The van der Waals surface area contributed by atoms with E-state index in [-0.39, 0.29) is 25.6 Å². The predicted octanol–water partition coefficient (Wildman–Crippen LogP) is 1.01. The van der Waals surface area contributed by atoms with Crippen LogP contribution in [0.15, 0.2) is 21.7 Å². The van der Waals surface area contributed by atoms with Crippen molar-refractivity contribution < 1.29 is 27.5 Å². The van der Waals surface area contributed by atoms with Gasteiger partial charge in [-0.25, -0.2) is 13.2 Å². The van der Waals surface area contributed by atoms with E-state index in [1.165, 1.54) is 15.6 Å². The van der Waals surface area contributed by atoms with Gasteiger partial charge in [-0.2, -0.15) is 4.31 Å². The Hall–Kier alpha value is -1.45. The third-order valence-corrected chi connectivity index (χ3v) is 7.29. The summed E-state index contributed by atoms with van der Waals surface area (Å²) in [6.07, 6.45) is 0.363. The van der Waals surface area contributed by atoms with Gasteiger partial charge in [-0.1, -0.05) is 6.07 Å². The molecule has 0 saturated carbocycles. The van der Waals surface area contributed by atoms with Gasteiger partial charge in [0.05, 0.1) is 12.5 Å². The van der Waals surface area contributed by atoms with Crippen LogP contribution in [-0.4, -0.2) is 50.5 Å². The first kappa shape index (κ1) is 16.4. The van der Waals surface area contributed by atoms with Crippen molar-refractivity contribution in [3.63, 3.8) is 0 Å². The average Bonchev–Trinajstić information content (AvgIpc) is 3.20. The van der Waals surface area contributed by atoms with Crippen molar-refractivity contribution in [2.45, 2.75) is 29.6 Å². The molecule has 2 saturated heterocycles. The van der Waals surface area contributed by atoms with E-state index in [1.807, 2.05) is 0 Å². The largest absolute Gasteiger partial charge is 0.463 e. The summed E-state index contributed by atoms with van der Waals surface area (Å²) in [7, 11) is -3.47. The van der Waals surface area contributed by atoms with E-state index in [9.17, 15) is 18.0 Å². The van der Waals surface area contributed by atoms with Gasteiger partial charge < -0.3 is 9.47 Å². The molecule has 0 N–H and O–H groups in total. The molecule has 0 unspecified atom stereocenters. The molecule has 7 nitrogen and oxygen atoms in total. The molecule has 3 heterocycles. The van der Waals surface area contributed by atoms with Crippen molar-refractivity contribution >= 4 is 33.3 Å². The quantitative estimate of drug-likeness (QED) is 0.745. The molecule has 1 atom stereocenters. The van der Waals surface area contributed by atoms with Crippen LogP contribution in [0.2, 0.25) is 0 Å². The number of cyclic esters (lactones) is 1. The number of rotatable bonds is 4. The molecular formula is C14H17NO6S2. The second-order valence-corrected chi connectivity index (χ2v) is 8.60. The molecule has 0 spiro atoms. The highest BCUT2D eigenvalue weighted by Crippen LogP contribution is 2.27. The monoisotopic (exact) mass is 359 g/mol. The van der Waals surface area contributed by atoms with Crippen LogP contribution in [0.1, 0.15) is 19.3 Å². The maximum atomic E-state index is 12.4. The Bertz CT molecular complexity index is 676. The number of sulfonamides is 1. The average molecular weight is 359 g/mol. The SMILES string of the molecule is O=C(O[C@@H]1CCOC1=O)C1CCN(S(=O)(=O)c2cccs2)CC1. The van der Waals surface area contributed by atoms with Gasteiger partial charge in [-0.15, -0.1) is 11.3 Å². The molecule has 0 aliphatic carbocycles. The highest BCUT2D eigenvalue weighted by molar-refractivity contribution is 7.91. The molecule has 0 radical (unpaired) electrons. The number of nitrogens with zero attached hydrogens (tertiary/aromatic N) is 1. The van der Waals surface area contributed by atoms with Gasteiger partial charge in [-0.3, -0.25) is 4.79 Å². The van der Waals surface area contributed by atoms with Crippen molar-refractivity contribution in [1.82, 2.24) is 4.31 Å². The second-order valence-electron chi connectivity index (χ2n) is 5.49. The van der Waals surface area contributed by atoms with E-state index in [0.717, 1.165) is 0 Å². The summed E-state index contributed by atoms with van der Waals surface area (Å²) in [5.41, 5.74) is 0. The minimum absolute atomic E-state index is 0.272. The summed E-state index contributed by atoms with van der Waals surface area (Å²) < 4.78 is 36.4. The molecule has 9 heteroatoms. The summed E-state index contributed by atoms with van der Waals surface area (Å²) in [6.45, 7) is 0.818. The molecule has 2 fully saturated rings. The number of esters is 2. The zero-order valence-corrected chi connectivity index (χ0v) is 14.0. The Labute approximate surface area is 138 Å². The number of ether oxygens (including phenoxy) is 2. The lowest BCUT2D eigenvalue weighted by Gasteiger charge is -2.29. The predicted molar refractivity (Wildman–Crippen MR) is 81.3 cm³/mol. The van der Waals surface area contributed by atoms with Gasteiger partial charge in [-0.05, 0) is 24.3 Å². The number of carbonyl (C=O) groups excluding carboxylic acids is 2. The summed E-state index contributed by atoms with van der Waals surface area (Å²) in [6, 6.07) is 3.27. The van der Waals surface area contributed by atoms with Crippen LogP contribution in [0.25, 0.3) is 0 Å². The minimum Gasteiger partial charge on any atom is -0.463 e. The van der Waals surface area contributed by atoms with E-state index in [0.29, 0.717) is 23.5 Å². The lowest BCUT2D eigenvalue weighted by atomic mass is 9.98. The van der Waals surface area contributed by atoms with Crippen molar-refractivity contribution in [1.29, 1.82) is 0 Å². The Kier molecular flexibility index (Phi) is 4.69. The van der Waals surface area contributed by atoms with Crippen LogP contribution in [-0.2, 0) is 29.1 Å².